The predicted molar refractivity (Wildman–Crippen MR) is 137 cm³/mol. The number of allylic oxidation sites excluding steroid dienone is 5. The van der Waals surface area contributed by atoms with Gasteiger partial charge >= 0.3 is 0 Å². The largest absolute Gasteiger partial charge is 0.347 e. The molecule has 4 nitrogen and oxygen atoms in total. The van der Waals surface area contributed by atoms with E-state index < -0.39 is 0 Å². The van der Waals surface area contributed by atoms with Gasteiger partial charge < -0.3 is 4.90 Å². The number of Topliss-reactive ketones (excluding diaryl/α,β-unsaturated/α-hetero) is 2. The molecule has 0 saturated carbocycles. The predicted octanol–water partition coefficient (Wildman–Crippen LogP) is 7.05. The summed E-state index contributed by atoms with van der Waals surface area (Å²) in [5.74, 6) is -0.745. The Morgan fingerprint density at radius 3 is 2.09 bits per heavy atom. The number of rotatable bonds is 9. The third-order valence-electron chi connectivity index (χ3n) is 6.52. The molecule has 1 aliphatic heterocycles. The molecule has 0 amide bonds. The Kier molecular flexibility index (Phi) is 7.54. The number of hydrogen-bond donors (Lipinski definition) is 0. The van der Waals surface area contributed by atoms with Crippen LogP contribution in [0.15, 0.2) is 78.0 Å². The summed E-state index contributed by atoms with van der Waals surface area (Å²) in [7, 11) is 0. The number of hydrogen-bond acceptors (Lipinski definition) is 4. The molecule has 0 fully saturated rings. The van der Waals surface area contributed by atoms with E-state index in [4.69, 9.17) is 0 Å². The number of carbonyl (C=O) groups is 2. The zero-order valence-corrected chi connectivity index (χ0v) is 19.7. The number of benzene rings is 2. The van der Waals surface area contributed by atoms with Crippen LogP contribution in [0.25, 0.3) is 5.57 Å². The van der Waals surface area contributed by atoms with Crippen LogP contribution in [0.4, 0.5) is 5.69 Å². The number of ketones is 2. The Morgan fingerprint density at radius 2 is 1.44 bits per heavy atom. The van der Waals surface area contributed by atoms with Crippen molar-refractivity contribution in [1.29, 1.82) is 5.26 Å². The van der Waals surface area contributed by atoms with E-state index in [9.17, 15) is 14.9 Å². The van der Waals surface area contributed by atoms with E-state index in [2.05, 4.69) is 24.0 Å². The highest BCUT2D eigenvalue weighted by Gasteiger charge is 2.35. The second-order valence-corrected chi connectivity index (χ2v) is 8.85. The first-order valence-electron chi connectivity index (χ1n) is 12.2. The minimum absolute atomic E-state index is 0.0346. The molecule has 0 spiro atoms. The van der Waals surface area contributed by atoms with Crippen molar-refractivity contribution in [3.05, 3.63) is 94.7 Å². The normalized spacial score (nSPS) is 15.5. The van der Waals surface area contributed by atoms with E-state index >= 15 is 0 Å². The number of anilines is 1. The standard InChI is InChI=1S/C30H30N2O2/c1-2-3-4-5-6-7-12-18-32-19-17-22(24-13-10-11-16-27(24)32)20-23(21-31)28-29(33)25-14-8-9-15-26(25)30(28)34/h8-11,13-17,19-20H,2-7,12,18H2,1H3/b22-20+. The van der Waals surface area contributed by atoms with Gasteiger partial charge in [0.25, 0.3) is 0 Å². The van der Waals surface area contributed by atoms with E-state index in [0.717, 1.165) is 29.8 Å². The van der Waals surface area contributed by atoms with Crippen molar-refractivity contribution in [2.45, 2.75) is 51.9 Å². The molecule has 2 aliphatic rings. The summed E-state index contributed by atoms with van der Waals surface area (Å²) < 4.78 is 0. The van der Waals surface area contributed by atoms with Crippen LogP contribution in [-0.4, -0.2) is 18.1 Å². The molecule has 0 atom stereocenters. The quantitative estimate of drug-likeness (QED) is 0.178. The van der Waals surface area contributed by atoms with Gasteiger partial charge in [0.1, 0.15) is 6.07 Å². The Morgan fingerprint density at radius 1 is 0.853 bits per heavy atom. The van der Waals surface area contributed by atoms with Crippen LogP contribution in [0.3, 0.4) is 0 Å². The summed E-state index contributed by atoms with van der Waals surface area (Å²) in [6, 6.07) is 16.9. The third-order valence-corrected chi connectivity index (χ3v) is 6.52. The van der Waals surface area contributed by atoms with Crippen LogP contribution in [0, 0.1) is 11.3 Å². The van der Waals surface area contributed by atoms with Gasteiger partial charge in [0.05, 0.1) is 11.1 Å². The molecule has 0 radical (unpaired) electrons. The highest BCUT2D eigenvalue weighted by atomic mass is 16.2. The van der Waals surface area contributed by atoms with Gasteiger partial charge in [-0.1, -0.05) is 87.9 Å². The first-order valence-corrected chi connectivity index (χ1v) is 12.2. The zero-order chi connectivity index (χ0) is 23.9. The molecular weight excluding hydrogens is 420 g/mol. The lowest BCUT2D eigenvalue weighted by atomic mass is 9.95. The summed E-state index contributed by atoms with van der Waals surface area (Å²) in [5, 5.41) is 9.86. The summed E-state index contributed by atoms with van der Waals surface area (Å²) >= 11 is 0. The lowest BCUT2D eigenvalue weighted by molar-refractivity contribution is 0.0988. The molecule has 2 aromatic rings. The van der Waals surface area contributed by atoms with Gasteiger partial charge in [0.15, 0.2) is 11.6 Å². The molecule has 0 unspecified atom stereocenters. The van der Waals surface area contributed by atoms with Crippen LogP contribution >= 0.6 is 0 Å². The maximum atomic E-state index is 12.9. The van der Waals surface area contributed by atoms with Gasteiger partial charge in [-0.3, -0.25) is 9.59 Å². The number of para-hydroxylation sites is 1. The summed E-state index contributed by atoms with van der Waals surface area (Å²) in [6.45, 7) is 3.17. The average molecular weight is 451 g/mol. The molecule has 1 heterocycles. The van der Waals surface area contributed by atoms with Gasteiger partial charge in [-0.05, 0) is 30.2 Å². The molecule has 172 valence electrons. The van der Waals surface area contributed by atoms with Crippen molar-refractivity contribution in [1.82, 2.24) is 0 Å². The number of nitriles is 1. The van der Waals surface area contributed by atoms with Gasteiger partial charge in [-0.15, -0.1) is 0 Å². The van der Waals surface area contributed by atoms with Crippen molar-refractivity contribution >= 4 is 22.8 Å². The van der Waals surface area contributed by atoms with E-state index in [0.29, 0.717) is 11.1 Å². The Balaban J connectivity index is 1.55. The summed E-state index contributed by atoms with van der Waals surface area (Å²) in [6.07, 6.45) is 14.5. The summed E-state index contributed by atoms with van der Waals surface area (Å²) in [4.78, 5) is 28.0. The number of unbranched alkanes of at least 4 members (excludes halogenated alkanes) is 6. The minimum Gasteiger partial charge on any atom is -0.347 e. The van der Waals surface area contributed by atoms with Crippen LogP contribution < -0.4 is 4.90 Å². The van der Waals surface area contributed by atoms with Crippen LogP contribution in [-0.2, 0) is 0 Å². The van der Waals surface area contributed by atoms with Crippen molar-refractivity contribution in [2.75, 3.05) is 11.4 Å². The monoisotopic (exact) mass is 450 g/mol. The van der Waals surface area contributed by atoms with Crippen molar-refractivity contribution in [2.24, 2.45) is 0 Å². The second kappa shape index (κ2) is 10.9. The highest BCUT2D eigenvalue weighted by molar-refractivity contribution is 6.40. The second-order valence-electron chi connectivity index (χ2n) is 8.85. The van der Waals surface area contributed by atoms with Crippen LogP contribution in [0.5, 0.6) is 0 Å². The molecule has 0 N–H and O–H groups in total. The fourth-order valence-corrected chi connectivity index (χ4v) is 4.68. The maximum absolute atomic E-state index is 12.9. The van der Waals surface area contributed by atoms with Gasteiger partial charge in [0.2, 0.25) is 0 Å². The van der Waals surface area contributed by atoms with Crippen molar-refractivity contribution in [3.63, 3.8) is 0 Å². The van der Waals surface area contributed by atoms with Gasteiger partial charge in [-0.2, -0.15) is 5.26 Å². The Hall–Kier alpha value is -3.71. The fraction of sp³-hybridized carbons (Fsp3) is 0.300. The lowest BCUT2D eigenvalue weighted by Crippen LogP contribution is -2.21. The minimum atomic E-state index is -0.373. The fourth-order valence-electron chi connectivity index (χ4n) is 4.68. The first kappa shape index (κ1) is 23.4. The molecule has 4 heteroatoms. The molecular formula is C30H30N2O2. The van der Waals surface area contributed by atoms with E-state index in [1.54, 1.807) is 30.3 Å². The van der Waals surface area contributed by atoms with E-state index in [1.165, 1.54) is 38.5 Å². The number of fused-ring (bicyclic) bond motifs is 2. The van der Waals surface area contributed by atoms with Gasteiger partial charge in [0, 0.05) is 35.1 Å². The third kappa shape index (κ3) is 4.79. The van der Waals surface area contributed by atoms with Crippen molar-refractivity contribution in [3.8, 4) is 6.07 Å². The molecule has 34 heavy (non-hydrogen) atoms. The number of nitrogens with zero attached hydrogens (tertiary/aromatic N) is 2. The first-order chi connectivity index (χ1) is 16.7. The molecule has 0 bridgehead atoms. The van der Waals surface area contributed by atoms with Crippen LogP contribution in [0.2, 0.25) is 0 Å². The van der Waals surface area contributed by atoms with Crippen LogP contribution in [0.1, 0.15) is 78.1 Å². The number of carbonyl (C=O) groups excluding carboxylic acids is 2. The molecule has 1 aliphatic carbocycles. The van der Waals surface area contributed by atoms with Crippen molar-refractivity contribution < 1.29 is 9.59 Å². The maximum Gasteiger partial charge on any atom is 0.199 e. The molecule has 0 aromatic heterocycles. The SMILES string of the molecule is CCCCCCCCCN1C=C/C(=C\C(C#N)=C2C(=O)c3ccccc3C2=O)c2ccccc21. The zero-order valence-electron chi connectivity index (χ0n) is 19.7. The smallest absolute Gasteiger partial charge is 0.199 e. The van der Waals surface area contributed by atoms with E-state index in [1.807, 2.05) is 30.5 Å². The molecule has 4 rings (SSSR count). The summed E-state index contributed by atoms with van der Waals surface area (Å²) in [5.41, 5.74) is 3.72. The van der Waals surface area contributed by atoms with E-state index in [-0.39, 0.29) is 22.7 Å². The topological polar surface area (TPSA) is 61.2 Å². The molecule has 0 saturated heterocycles. The Labute approximate surface area is 201 Å². The average Bonchev–Trinajstić information content (AvgIpc) is 3.12. The highest BCUT2D eigenvalue weighted by Crippen LogP contribution is 2.35. The van der Waals surface area contributed by atoms with Gasteiger partial charge in [-0.25, -0.2) is 0 Å². The molecule has 2 aromatic carbocycles. The Bertz CT molecular complexity index is 1190. The lowest BCUT2D eigenvalue weighted by Gasteiger charge is -2.27.